The maximum atomic E-state index is 12.6. The SMILES string of the molecule is Cc1nc(Cl)c(N(CC(F)(F)F)C2CC2)nc1C. The van der Waals surface area contributed by atoms with E-state index in [9.17, 15) is 13.2 Å². The van der Waals surface area contributed by atoms with Crippen LogP contribution in [-0.2, 0) is 0 Å². The Morgan fingerprint density at radius 3 is 2.28 bits per heavy atom. The summed E-state index contributed by atoms with van der Waals surface area (Å²) in [6, 6.07) is -0.125. The number of aryl methyl sites for hydroxylation is 2. The Balaban J connectivity index is 2.34. The van der Waals surface area contributed by atoms with Crippen LogP contribution in [0.15, 0.2) is 0 Å². The number of halogens is 4. The molecule has 7 heteroatoms. The highest BCUT2D eigenvalue weighted by atomic mass is 35.5. The molecule has 0 N–H and O–H groups in total. The molecule has 0 radical (unpaired) electrons. The quantitative estimate of drug-likeness (QED) is 0.850. The largest absolute Gasteiger partial charge is 0.405 e. The van der Waals surface area contributed by atoms with Gasteiger partial charge in [-0.2, -0.15) is 13.2 Å². The fraction of sp³-hybridized carbons (Fsp3) is 0.636. The van der Waals surface area contributed by atoms with Gasteiger partial charge in [-0.05, 0) is 26.7 Å². The van der Waals surface area contributed by atoms with Crippen molar-refractivity contribution >= 4 is 17.4 Å². The number of hydrogen-bond donors (Lipinski definition) is 0. The summed E-state index contributed by atoms with van der Waals surface area (Å²) >= 11 is 5.91. The Bertz CT molecular complexity index is 458. The van der Waals surface area contributed by atoms with Crippen LogP contribution < -0.4 is 4.90 Å². The molecule has 3 nitrogen and oxygen atoms in total. The van der Waals surface area contributed by atoms with E-state index in [1.807, 2.05) is 0 Å². The number of anilines is 1. The van der Waals surface area contributed by atoms with Crippen LogP contribution in [0.4, 0.5) is 19.0 Å². The topological polar surface area (TPSA) is 29.0 Å². The van der Waals surface area contributed by atoms with Gasteiger partial charge in [0.15, 0.2) is 11.0 Å². The van der Waals surface area contributed by atoms with Crippen molar-refractivity contribution in [3.63, 3.8) is 0 Å². The normalized spacial score (nSPS) is 15.9. The minimum Gasteiger partial charge on any atom is -0.342 e. The molecular formula is C11H13ClF3N3. The molecule has 1 aliphatic rings. The number of hydrogen-bond acceptors (Lipinski definition) is 3. The second kappa shape index (κ2) is 4.57. The summed E-state index contributed by atoms with van der Waals surface area (Å²) in [5.74, 6) is 0.139. The van der Waals surface area contributed by atoms with Crippen LogP contribution in [0.25, 0.3) is 0 Å². The van der Waals surface area contributed by atoms with Crippen LogP contribution in [0.1, 0.15) is 24.2 Å². The Labute approximate surface area is 108 Å². The average molecular weight is 280 g/mol. The summed E-state index contributed by atoms with van der Waals surface area (Å²) in [6.45, 7) is 2.40. The molecule has 0 saturated heterocycles. The van der Waals surface area contributed by atoms with Crippen molar-refractivity contribution in [3.05, 3.63) is 16.5 Å². The van der Waals surface area contributed by atoms with Crippen molar-refractivity contribution in [2.45, 2.75) is 38.9 Å². The molecule has 1 aliphatic carbocycles. The molecule has 2 rings (SSSR count). The summed E-state index contributed by atoms with van der Waals surface area (Å²) in [5, 5.41) is 0.0363. The third-order valence-electron chi connectivity index (χ3n) is 2.86. The van der Waals surface area contributed by atoms with E-state index in [2.05, 4.69) is 9.97 Å². The number of nitrogens with zero attached hydrogens (tertiary/aromatic N) is 3. The summed E-state index contributed by atoms with van der Waals surface area (Å²) in [5.41, 5.74) is 1.23. The second-order valence-electron chi connectivity index (χ2n) is 4.48. The summed E-state index contributed by atoms with van der Waals surface area (Å²) in [7, 11) is 0. The van der Waals surface area contributed by atoms with Gasteiger partial charge in [0.2, 0.25) is 0 Å². The van der Waals surface area contributed by atoms with E-state index in [1.54, 1.807) is 13.8 Å². The molecule has 0 bridgehead atoms. The molecule has 1 saturated carbocycles. The first-order valence-corrected chi connectivity index (χ1v) is 6.00. The van der Waals surface area contributed by atoms with Crippen LogP contribution in [0.5, 0.6) is 0 Å². The zero-order chi connectivity index (χ0) is 13.5. The molecule has 100 valence electrons. The highest BCUT2D eigenvalue weighted by molar-refractivity contribution is 6.31. The Hall–Kier alpha value is -1.04. The van der Waals surface area contributed by atoms with Gasteiger partial charge in [-0.15, -0.1) is 0 Å². The van der Waals surface area contributed by atoms with Crippen LogP contribution in [-0.4, -0.2) is 28.7 Å². The van der Waals surface area contributed by atoms with Gasteiger partial charge in [-0.1, -0.05) is 11.6 Å². The Morgan fingerprint density at radius 1 is 1.22 bits per heavy atom. The molecule has 1 aromatic heterocycles. The minimum absolute atomic E-state index is 0.0363. The predicted molar refractivity (Wildman–Crippen MR) is 62.9 cm³/mol. The molecule has 0 spiro atoms. The van der Waals surface area contributed by atoms with E-state index < -0.39 is 12.7 Å². The first-order valence-electron chi connectivity index (χ1n) is 5.62. The smallest absolute Gasteiger partial charge is 0.342 e. The highest BCUT2D eigenvalue weighted by Gasteiger charge is 2.39. The lowest BCUT2D eigenvalue weighted by molar-refractivity contribution is -0.120. The van der Waals surface area contributed by atoms with Gasteiger partial charge in [0, 0.05) is 6.04 Å². The van der Waals surface area contributed by atoms with Crippen LogP contribution >= 0.6 is 11.6 Å². The van der Waals surface area contributed by atoms with Crippen molar-refractivity contribution in [2.24, 2.45) is 0 Å². The second-order valence-corrected chi connectivity index (χ2v) is 4.84. The van der Waals surface area contributed by atoms with Gasteiger partial charge in [0.1, 0.15) is 6.54 Å². The molecule has 0 aliphatic heterocycles. The molecule has 18 heavy (non-hydrogen) atoms. The van der Waals surface area contributed by atoms with E-state index in [1.165, 1.54) is 4.90 Å². The minimum atomic E-state index is -4.27. The van der Waals surface area contributed by atoms with Gasteiger partial charge >= 0.3 is 6.18 Å². The zero-order valence-corrected chi connectivity index (χ0v) is 10.8. The van der Waals surface area contributed by atoms with E-state index in [0.29, 0.717) is 11.4 Å². The van der Waals surface area contributed by atoms with E-state index in [4.69, 9.17) is 11.6 Å². The lowest BCUT2D eigenvalue weighted by Gasteiger charge is -2.25. The summed E-state index contributed by atoms with van der Waals surface area (Å²) in [6.07, 6.45) is -2.80. The van der Waals surface area contributed by atoms with Crippen molar-refractivity contribution in [2.75, 3.05) is 11.4 Å². The average Bonchev–Trinajstić information content (AvgIpc) is 3.02. The molecule has 0 amide bonds. The van der Waals surface area contributed by atoms with Gasteiger partial charge < -0.3 is 4.90 Å². The number of rotatable bonds is 3. The van der Waals surface area contributed by atoms with E-state index >= 15 is 0 Å². The first kappa shape index (κ1) is 13.4. The Morgan fingerprint density at radius 2 is 1.78 bits per heavy atom. The standard InChI is InChI=1S/C11H13ClF3N3/c1-6-7(2)17-10(9(12)16-6)18(8-3-4-8)5-11(13,14)15/h8H,3-5H2,1-2H3. The van der Waals surface area contributed by atoms with Gasteiger partial charge in [-0.25, -0.2) is 9.97 Å². The van der Waals surface area contributed by atoms with E-state index in [0.717, 1.165) is 12.8 Å². The van der Waals surface area contributed by atoms with Crippen LogP contribution in [0.3, 0.4) is 0 Å². The zero-order valence-electron chi connectivity index (χ0n) is 10.1. The van der Waals surface area contributed by atoms with Gasteiger partial charge in [0.05, 0.1) is 11.4 Å². The van der Waals surface area contributed by atoms with E-state index in [-0.39, 0.29) is 17.0 Å². The lowest BCUT2D eigenvalue weighted by atomic mass is 10.3. The first-order chi connectivity index (χ1) is 8.28. The van der Waals surface area contributed by atoms with Crippen molar-refractivity contribution in [1.82, 2.24) is 9.97 Å². The van der Waals surface area contributed by atoms with Gasteiger partial charge in [-0.3, -0.25) is 0 Å². The van der Waals surface area contributed by atoms with Crippen molar-refractivity contribution in [3.8, 4) is 0 Å². The van der Waals surface area contributed by atoms with Crippen LogP contribution in [0, 0.1) is 13.8 Å². The summed E-state index contributed by atoms with van der Waals surface area (Å²) < 4.78 is 37.7. The highest BCUT2D eigenvalue weighted by Crippen LogP contribution is 2.36. The van der Waals surface area contributed by atoms with Crippen LogP contribution in [0.2, 0.25) is 5.15 Å². The van der Waals surface area contributed by atoms with Crippen molar-refractivity contribution in [1.29, 1.82) is 0 Å². The van der Waals surface area contributed by atoms with Crippen molar-refractivity contribution < 1.29 is 13.2 Å². The molecule has 1 heterocycles. The fourth-order valence-corrected chi connectivity index (χ4v) is 1.98. The third-order valence-corrected chi connectivity index (χ3v) is 3.11. The number of alkyl halides is 3. The molecule has 0 unspecified atom stereocenters. The Kier molecular flexibility index (Phi) is 3.40. The molecule has 1 aromatic rings. The summed E-state index contributed by atoms with van der Waals surface area (Å²) in [4.78, 5) is 9.39. The molecule has 0 aromatic carbocycles. The maximum Gasteiger partial charge on any atom is 0.405 e. The maximum absolute atomic E-state index is 12.6. The predicted octanol–water partition coefficient (Wildman–Crippen LogP) is 3.28. The molecular weight excluding hydrogens is 267 g/mol. The number of aromatic nitrogens is 2. The molecule has 1 fully saturated rings. The third kappa shape index (κ3) is 3.04. The molecule has 0 atom stereocenters. The monoisotopic (exact) mass is 279 g/mol. The van der Waals surface area contributed by atoms with Gasteiger partial charge in [0.25, 0.3) is 0 Å². The lowest BCUT2D eigenvalue weighted by Crippen LogP contribution is -2.37. The fourth-order valence-electron chi connectivity index (χ4n) is 1.70.